The summed E-state index contributed by atoms with van der Waals surface area (Å²) in [5, 5.41) is 3.04. The van der Waals surface area contributed by atoms with Crippen LogP contribution < -0.4 is 5.32 Å². The highest BCUT2D eigenvalue weighted by Gasteiger charge is 2.30. The molecule has 3 rings (SSSR count). The summed E-state index contributed by atoms with van der Waals surface area (Å²) in [6.45, 7) is 6.77. The van der Waals surface area contributed by atoms with Crippen molar-refractivity contribution < 1.29 is 4.79 Å². The van der Waals surface area contributed by atoms with Gasteiger partial charge in [-0.3, -0.25) is 4.79 Å². The largest absolute Gasteiger partial charge is 0.354 e. The van der Waals surface area contributed by atoms with Crippen molar-refractivity contribution in [2.75, 3.05) is 6.54 Å². The van der Waals surface area contributed by atoms with Crippen LogP contribution in [-0.2, 0) is 10.2 Å². The van der Waals surface area contributed by atoms with Gasteiger partial charge < -0.3 is 5.32 Å². The Morgan fingerprint density at radius 3 is 1.89 bits per heavy atom. The molecule has 1 atom stereocenters. The monoisotopic (exact) mass is 389 g/mol. The first-order chi connectivity index (χ1) is 13.5. The summed E-state index contributed by atoms with van der Waals surface area (Å²) in [5.41, 5.74) is 3.33. The minimum atomic E-state index is -0.285. The van der Waals surface area contributed by atoms with Crippen LogP contribution in [0.25, 0.3) is 0 Å². The molecule has 1 unspecified atom stereocenters. The molecule has 1 amide bonds. The third kappa shape index (κ3) is 4.85. The number of carbonyl (C=O) groups excluding carboxylic acids is 1. The van der Waals surface area contributed by atoms with Gasteiger partial charge in [-0.1, -0.05) is 78.4 Å². The molecule has 0 saturated heterocycles. The molecule has 0 radical (unpaired) electrons. The molecule has 3 aromatic rings. The Morgan fingerprint density at radius 1 is 0.893 bits per heavy atom. The van der Waals surface area contributed by atoms with Crippen molar-refractivity contribution in [3.63, 3.8) is 0 Å². The van der Waals surface area contributed by atoms with Crippen LogP contribution in [0.1, 0.15) is 30.5 Å². The van der Waals surface area contributed by atoms with Gasteiger partial charge in [0.15, 0.2) is 0 Å². The Bertz CT molecular complexity index is 851. The van der Waals surface area contributed by atoms with Gasteiger partial charge in [-0.2, -0.15) is 0 Å². The number of amides is 1. The highest BCUT2D eigenvalue weighted by Crippen LogP contribution is 2.31. The van der Waals surface area contributed by atoms with E-state index in [0.29, 0.717) is 6.54 Å². The van der Waals surface area contributed by atoms with Crippen molar-refractivity contribution in [3.05, 3.63) is 102 Å². The summed E-state index contributed by atoms with van der Waals surface area (Å²) >= 11 is 1.59. The third-order valence-corrected chi connectivity index (χ3v) is 6.25. The fourth-order valence-corrected chi connectivity index (χ4v) is 4.16. The molecule has 28 heavy (non-hydrogen) atoms. The summed E-state index contributed by atoms with van der Waals surface area (Å²) in [6, 6.07) is 29.1. The number of carbonyl (C=O) groups is 1. The SMILES string of the molecule is Cc1ccc(SC(C)C(=O)NCC(C)(c2ccccc2)c2ccccc2)cc1. The topological polar surface area (TPSA) is 29.1 Å². The van der Waals surface area contributed by atoms with E-state index in [1.807, 2.05) is 43.3 Å². The van der Waals surface area contributed by atoms with Crippen molar-refractivity contribution in [3.8, 4) is 0 Å². The molecule has 0 bridgehead atoms. The number of hydrogen-bond donors (Lipinski definition) is 1. The Morgan fingerprint density at radius 2 is 1.39 bits per heavy atom. The van der Waals surface area contributed by atoms with Crippen molar-refractivity contribution in [2.45, 2.75) is 36.3 Å². The Balaban J connectivity index is 1.73. The summed E-state index contributed by atoms with van der Waals surface area (Å²) in [4.78, 5) is 13.9. The van der Waals surface area contributed by atoms with Crippen molar-refractivity contribution >= 4 is 17.7 Å². The van der Waals surface area contributed by atoms with E-state index in [1.54, 1.807) is 11.8 Å². The van der Waals surface area contributed by atoms with E-state index in [1.165, 1.54) is 16.7 Å². The maximum absolute atomic E-state index is 12.8. The van der Waals surface area contributed by atoms with Crippen LogP contribution in [0, 0.1) is 6.92 Å². The van der Waals surface area contributed by atoms with E-state index < -0.39 is 0 Å². The van der Waals surface area contributed by atoms with Gasteiger partial charge in [0.1, 0.15) is 0 Å². The molecular formula is C25H27NOS. The van der Waals surface area contributed by atoms with Gasteiger partial charge in [-0.25, -0.2) is 0 Å². The van der Waals surface area contributed by atoms with Crippen LogP contribution in [0.4, 0.5) is 0 Å². The van der Waals surface area contributed by atoms with Gasteiger partial charge in [-0.05, 0) is 44.0 Å². The maximum atomic E-state index is 12.8. The van der Waals surface area contributed by atoms with Gasteiger partial charge in [0.05, 0.1) is 5.25 Å². The average Bonchev–Trinajstić information content (AvgIpc) is 2.74. The van der Waals surface area contributed by atoms with Crippen LogP contribution in [0.5, 0.6) is 0 Å². The predicted octanol–water partition coefficient (Wildman–Crippen LogP) is 5.60. The number of nitrogens with one attached hydrogen (secondary N) is 1. The molecule has 0 fully saturated rings. The summed E-state index contributed by atoms with van der Waals surface area (Å²) in [5.74, 6) is 0.0589. The minimum absolute atomic E-state index is 0.0589. The fraction of sp³-hybridized carbons (Fsp3) is 0.240. The van der Waals surface area contributed by atoms with Crippen molar-refractivity contribution in [2.24, 2.45) is 0 Å². The van der Waals surface area contributed by atoms with E-state index >= 15 is 0 Å². The quantitative estimate of drug-likeness (QED) is 0.533. The average molecular weight is 390 g/mol. The van der Waals surface area contributed by atoms with Gasteiger partial charge in [-0.15, -0.1) is 11.8 Å². The van der Waals surface area contributed by atoms with Gasteiger partial charge in [0.25, 0.3) is 0 Å². The zero-order chi connectivity index (χ0) is 20.0. The van der Waals surface area contributed by atoms with E-state index in [9.17, 15) is 4.79 Å². The van der Waals surface area contributed by atoms with Crippen LogP contribution in [0.15, 0.2) is 89.8 Å². The summed E-state index contributed by atoms with van der Waals surface area (Å²) in [6.07, 6.45) is 0. The lowest BCUT2D eigenvalue weighted by Gasteiger charge is -2.31. The molecule has 0 spiro atoms. The molecule has 2 nitrogen and oxygen atoms in total. The maximum Gasteiger partial charge on any atom is 0.233 e. The number of thioether (sulfide) groups is 1. The van der Waals surface area contributed by atoms with Gasteiger partial charge in [0, 0.05) is 16.9 Å². The molecule has 0 saturated carbocycles. The zero-order valence-corrected chi connectivity index (χ0v) is 17.5. The van der Waals surface area contributed by atoms with E-state index in [0.717, 1.165) is 4.90 Å². The Kier molecular flexibility index (Phi) is 6.58. The molecule has 1 N–H and O–H groups in total. The zero-order valence-electron chi connectivity index (χ0n) is 16.7. The lowest BCUT2D eigenvalue weighted by atomic mass is 9.76. The molecule has 0 aliphatic heterocycles. The highest BCUT2D eigenvalue weighted by atomic mass is 32.2. The van der Waals surface area contributed by atoms with Gasteiger partial charge >= 0.3 is 0 Å². The third-order valence-electron chi connectivity index (χ3n) is 5.14. The van der Waals surface area contributed by atoms with Crippen LogP contribution in [-0.4, -0.2) is 17.7 Å². The number of benzene rings is 3. The van der Waals surface area contributed by atoms with Gasteiger partial charge in [0.2, 0.25) is 5.91 Å². The van der Waals surface area contributed by atoms with E-state index in [-0.39, 0.29) is 16.6 Å². The van der Waals surface area contributed by atoms with Crippen molar-refractivity contribution in [1.82, 2.24) is 5.32 Å². The smallest absolute Gasteiger partial charge is 0.233 e. The van der Waals surface area contributed by atoms with E-state index in [4.69, 9.17) is 0 Å². The molecule has 0 aliphatic carbocycles. The highest BCUT2D eigenvalue weighted by molar-refractivity contribution is 8.00. The normalized spacial score (nSPS) is 12.4. The predicted molar refractivity (Wildman–Crippen MR) is 119 cm³/mol. The van der Waals surface area contributed by atoms with Crippen LogP contribution >= 0.6 is 11.8 Å². The lowest BCUT2D eigenvalue weighted by molar-refractivity contribution is -0.120. The van der Waals surface area contributed by atoms with E-state index in [2.05, 4.69) is 67.7 Å². The standard InChI is InChI=1S/C25H27NOS/c1-19-14-16-23(17-15-19)28-20(2)24(27)26-18-25(3,21-10-6-4-7-11-21)22-12-8-5-9-13-22/h4-17,20H,18H2,1-3H3,(H,26,27). The van der Waals surface area contributed by atoms with Crippen LogP contribution in [0.3, 0.4) is 0 Å². The lowest BCUT2D eigenvalue weighted by Crippen LogP contribution is -2.42. The number of aryl methyl sites for hydroxylation is 1. The second-order valence-corrected chi connectivity index (χ2v) is 8.77. The first kappa shape index (κ1) is 20.2. The molecule has 0 aliphatic rings. The molecule has 3 heteroatoms. The first-order valence-electron chi connectivity index (χ1n) is 9.61. The second kappa shape index (κ2) is 9.11. The van der Waals surface area contributed by atoms with Crippen LogP contribution in [0.2, 0.25) is 0 Å². The molecular weight excluding hydrogens is 362 g/mol. The van der Waals surface area contributed by atoms with Crippen molar-refractivity contribution in [1.29, 1.82) is 0 Å². The number of rotatable bonds is 7. The second-order valence-electron chi connectivity index (χ2n) is 7.36. The number of hydrogen-bond acceptors (Lipinski definition) is 2. The molecule has 144 valence electrons. The Hall–Kier alpha value is -2.52. The minimum Gasteiger partial charge on any atom is -0.354 e. The molecule has 0 heterocycles. The Labute approximate surface area is 172 Å². The summed E-state index contributed by atoms with van der Waals surface area (Å²) < 4.78 is 0. The summed E-state index contributed by atoms with van der Waals surface area (Å²) in [7, 11) is 0. The molecule has 0 aromatic heterocycles. The molecule has 3 aromatic carbocycles. The fourth-order valence-electron chi connectivity index (χ4n) is 3.26. The first-order valence-corrected chi connectivity index (χ1v) is 10.5.